The third kappa shape index (κ3) is 8.07. The van der Waals surface area contributed by atoms with Crippen LogP contribution in [0.25, 0.3) is 67.5 Å². The first kappa shape index (κ1) is 51.4. The minimum Gasteiger partial charge on any atom is -0.456 e. The highest BCUT2D eigenvalue weighted by Gasteiger charge is 2.59. The summed E-state index contributed by atoms with van der Waals surface area (Å²) in [6, 6.07) is 91.2. The van der Waals surface area contributed by atoms with E-state index in [-0.39, 0.29) is 22.7 Å². The molecule has 3 nitrogen and oxygen atoms in total. The second-order valence-electron chi connectivity index (χ2n) is 25.7. The summed E-state index contributed by atoms with van der Waals surface area (Å²) in [5.74, 6) is -0.0692. The zero-order valence-corrected chi connectivity index (χ0v) is 49.2. The van der Waals surface area contributed by atoms with Gasteiger partial charge in [-0.2, -0.15) is 0 Å². The van der Waals surface area contributed by atoms with Gasteiger partial charge in [0.2, 0.25) is 0 Å². The molecule has 0 saturated carbocycles. The molecule has 0 fully saturated rings. The van der Waals surface area contributed by atoms with Crippen LogP contribution < -0.4 is 20.2 Å². The normalized spacial score (nSPS) is 15.4. The summed E-state index contributed by atoms with van der Waals surface area (Å²) < 4.78 is 7.20. The van der Waals surface area contributed by atoms with Crippen LogP contribution in [0.15, 0.2) is 247 Å². The summed E-state index contributed by atoms with van der Waals surface area (Å²) in [5.41, 5.74) is 25.6. The van der Waals surface area contributed by atoms with Crippen molar-refractivity contribution in [3.63, 3.8) is 0 Å². The van der Waals surface area contributed by atoms with Crippen molar-refractivity contribution in [1.29, 1.82) is 0 Å². The first-order chi connectivity index (χ1) is 40.7. The topological polar surface area (TPSA) is 19.6 Å². The molecule has 1 aromatic heterocycles. The first-order valence-electron chi connectivity index (χ1n) is 29.9. The number of rotatable bonds is 8. The standard InChI is InChI=1S/C81H68N2O/c1-51-31-38-62(48-67(51)53-21-11-9-12-22-53)82(59-41-34-57(35-42-59)79(3,4)5)61-40-33-55-46-69-72(47-56(55)45-61)81(70-28-18-15-25-64(70)65-26-16-19-29-71(65)81)78-73(50-75-76(77(69)78)66-27-17-20-30-74(66)84-75)83(60-43-36-58(37-44-60)80(6,7)8)63-39-32-52(2)68(49-63)54-23-13-10-14-24-54/h9-50,69,72H,1-8H3. The van der Waals surface area contributed by atoms with Crippen LogP contribution in [0, 0.1) is 19.8 Å². The Bertz CT molecular complexity index is 4660. The van der Waals surface area contributed by atoms with Crippen LogP contribution in [0.1, 0.15) is 92.0 Å². The molecule has 0 amide bonds. The molecule has 0 N–H and O–H groups in total. The average Bonchev–Trinajstić information content (AvgIpc) is 1.51. The van der Waals surface area contributed by atoms with Crippen molar-refractivity contribution in [3.05, 3.63) is 298 Å². The Kier molecular flexibility index (Phi) is 11.8. The molecule has 15 rings (SSSR count). The van der Waals surface area contributed by atoms with Gasteiger partial charge in [-0.25, -0.2) is 0 Å². The molecular weight excluding hydrogens is 1020 g/mol. The monoisotopic (exact) mass is 1080 g/mol. The highest BCUT2D eigenvalue weighted by Crippen LogP contribution is 2.69. The van der Waals surface area contributed by atoms with Gasteiger partial charge in [-0.1, -0.05) is 224 Å². The lowest BCUT2D eigenvalue weighted by molar-refractivity contribution is 0.500. The van der Waals surface area contributed by atoms with Gasteiger partial charge < -0.3 is 14.2 Å². The first-order valence-corrected chi connectivity index (χ1v) is 29.9. The van der Waals surface area contributed by atoms with E-state index in [2.05, 4.69) is 320 Å². The van der Waals surface area contributed by atoms with Crippen molar-refractivity contribution in [2.24, 2.45) is 5.92 Å². The number of aryl methyl sites for hydroxylation is 2. The molecule has 0 radical (unpaired) electrons. The summed E-state index contributed by atoms with van der Waals surface area (Å²) >= 11 is 0. The Morgan fingerprint density at radius 1 is 0.393 bits per heavy atom. The van der Waals surface area contributed by atoms with Gasteiger partial charge >= 0.3 is 0 Å². The van der Waals surface area contributed by atoms with E-state index >= 15 is 0 Å². The van der Waals surface area contributed by atoms with Gasteiger partial charge in [0.15, 0.2) is 0 Å². The molecule has 408 valence electrons. The largest absolute Gasteiger partial charge is 0.456 e. The Labute approximate surface area is 494 Å². The zero-order valence-electron chi connectivity index (χ0n) is 49.2. The summed E-state index contributed by atoms with van der Waals surface area (Å²) in [6.45, 7) is 18.2. The minimum absolute atomic E-state index is 0.0144. The summed E-state index contributed by atoms with van der Waals surface area (Å²) in [7, 11) is 0. The van der Waals surface area contributed by atoms with Gasteiger partial charge in [0.25, 0.3) is 0 Å². The van der Waals surface area contributed by atoms with Crippen molar-refractivity contribution in [3.8, 4) is 33.4 Å². The van der Waals surface area contributed by atoms with Gasteiger partial charge in [0.05, 0.1) is 11.1 Å². The summed E-state index contributed by atoms with van der Waals surface area (Å²) in [4.78, 5) is 5.02. The number of hydrogen-bond acceptors (Lipinski definition) is 3. The quantitative estimate of drug-likeness (QED) is 0.151. The number of fused-ring (bicyclic) bond motifs is 15. The molecule has 0 bridgehead atoms. The molecule has 3 aliphatic carbocycles. The minimum atomic E-state index is -0.639. The SMILES string of the molecule is Cc1ccc(N(c2ccc(C(C)(C)C)cc2)c2ccc3c(c2)=CC2C(C=3)c3c(c(N(c4ccc(C(C)(C)C)cc4)c4ccc(C)c(-c5ccccc5)c4)cc4oc5ccccc5c34)C23c2ccccc2-c2ccccc23)cc1-c1ccccc1. The van der Waals surface area contributed by atoms with Crippen LogP contribution in [0.3, 0.4) is 0 Å². The highest BCUT2D eigenvalue weighted by atomic mass is 16.3. The molecule has 3 aliphatic rings. The predicted molar refractivity (Wildman–Crippen MR) is 353 cm³/mol. The van der Waals surface area contributed by atoms with Crippen molar-refractivity contribution >= 4 is 68.2 Å². The van der Waals surface area contributed by atoms with Gasteiger partial charge in [-0.05, 0) is 180 Å². The van der Waals surface area contributed by atoms with Crippen LogP contribution in [0.4, 0.5) is 34.1 Å². The molecule has 1 heterocycles. The van der Waals surface area contributed by atoms with Crippen LogP contribution in [0.2, 0.25) is 0 Å². The van der Waals surface area contributed by atoms with E-state index in [1.807, 2.05) is 0 Å². The Balaban J connectivity index is 1.03. The summed E-state index contributed by atoms with van der Waals surface area (Å²) in [6.07, 6.45) is 5.29. The zero-order chi connectivity index (χ0) is 57.2. The molecule has 84 heavy (non-hydrogen) atoms. The second-order valence-corrected chi connectivity index (χ2v) is 25.7. The lowest BCUT2D eigenvalue weighted by Gasteiger charge is -2.39. The molecule has 12 aromatic rings. The van der Waals surface area contributed by atoms with Gasteiger partial charge in [0, 0.05) is 57.1 Å². The molecule has 2 unspecified atom stereocenters. The van der Waals surface area contributed by atoms with Crippen molar-refractivity contribution in [2.45, 2.75) is 77.6 Å². The molecule has 3 heteroatoms. The number of hydrogen-bond donors (Lipinski definition) is 0. The average molecular weight is 1090 g/mol. The predicted octanol–water partition coefficient (Wildman–Crippen LogP) is 20.4. The van der Waals surface area contributed by atoms with E-state index in [9.17, 15) is 0 Å². The van der Waals surface area contributed by atoms with Crippen LogP contribution >= 0.6 is 0 Å². The summed E-state index contributed by atoms with van der Waals surface area (Å²) in [5, 5.41) is 4.79. The van der Waals surface area contributed by atoms with Crippen LogP contribution in [-0.4, -0.2) is 0 Å². The fourth-order valence-corrected chi connectivity index (χ4v) is 14.6. The molecule has 0 aliphatic heterocycles. The van der Waals surface area contributed by atoms with Crippen molar-refractivity contribution < 1.29 is 4.42 Å². The smallest absolute Gasteiger partial charge is 0.137 e. The number of para-hydroxylation sites is 1. The fourth-order valence-electron chi connectivity index (χ4n) is 14.6. The van der Waals surface area contributed by atoms with E-state index in [0.717, 1.165) is 50.7 Å². The maximum atomic E-state index is 7.20. The third-order valence-electron chi connectivity index (χ3n) is 18.7. The number of anilines is 6. The number of benzene rings is 11. The van der Waals surface area contributed by atoms with E-state index in [0.29, 0.717) is 0 Å². The Morgan fingerprint density at radius 3 is 1.44 bits per heavy atom. The van der Waals surface area contributed by atoms with E-state index in [1.165, 1.54) is 93.7 Å². The third-order valence-corrected chi connectivity index (χ3v) is 18.7. The van der Waals surface area contributed by atoms with Gasteiger partial charge in [-0.3, -0.25) is 0 Å². The molecule has 0 saturated heterocycles. The molecular formula is C81H68N2O. The lowest BCUT2D eigenvalue weighted by Crippen LogP contribution is -2.39. The fraction of sp³-hybridized carbons (Fsp3) is 0.160. The molecule has 2 atom stereocenters. The van der Waals surface area contributed by atoms with Crippen LogP contribution in [0.5, 0.6) is 0 Å². The van der Waals surface area contributed by atoms with E-state index in [4.69, 9.17) is 4.42 Å². The molecule has 1 spiro atoms. The Morgan fingerprint density at radius 2 is 0.869 bits per heavy atom. The number of nitrogens with zero attached hydrogens (tertiary/aromatic N) is 2. The van der Waals surface area contributed by atoms with Gasteiger partial charge in [-0.15, -0.1) is 0 Å². The lowest BCUT2D eigenvalue weighted by atomic mass is 9.65. The van der Waals surface area contributed by atoms with E-state index < -0.39 is 5.41 Å². The van der Waals surface area contributed by atoms with E-state index in [1.54, 1.807) is 0 Å². The van der Waals surface area contributed by atoms with Crippen LogP contribution in [-0.2, 0) is 16.2 Å². The maximum absolute atomic E-state index is 7.20. The Hall–Kier alpha value is -9.44. The number of furan rings is 1. The van der Waals surface area contributed by atoms with Crippen molar-refractivity contribution in [2.75, 3.05) is 9.80 Å². The maximum Gasteiger partial charge on any atom is 0.137 e. The van der Waals surface area contributed by atoms with Crippen molar-refractivity contribution in [1.82, 2.24) is 0 Å². The van der Waals surface area contributed by atoms with Gasteiger partial charge in [0.1, 0.15) is 11.2 Å². The second kappa shape index (κ2) is 19.3. The highest BCUT2D eigenvalue weighted by molar-refractivity contribution is 6.12. The molecule has 11 aromatic carbocycles.